The standard InChI is InChI=1S/C18H22N2O3S/c1-12(2)9-19-16(21)10-23-17(22)8-15-11-24-18(20-15)14-6-4-13(3)5-7-14/h4-7,11-12H,8-10H2,1-3H3,(H,19,21). The van der Waals surface area contributed by atoms with Crippen LogP contribution in [0.2, 0.25) is 0 Å². The molecule has 0 saturated heterocycles. The number of hydrogen-bond acceptors (Lipinski definition) is 5. The third-order valence-electron chi connectivity index (χ3n) is 3.25. The number of nitrogens with one attached hydrogen (secondary N) is 1. The van der Waals surface area contributed by atoms with Gasteiger partial charge >= 0.3 is 5.97 Å². The Hall–Kier alpha value is -2.21. The Bertz CT molecular complexity index is 693. The van der Waals surface area contributed by atoms with Crippen molar-refractivity contribution in [1.82, 2.24) is 10.3 Å². The second-order valence-electron chi connectivity index (χ2n) is 6.05. The molecule has 0 saturated carbocycles. The van der Waals surface area contributed by atoms with Crippen molar-refractivity contribution in [1.29, 1.82) is 0 Å². The fourth-order valence-corrected chi connectivity index (χ4v) is 2.76. The van der Waals surface area contributed by atoms with Crippen LogP contribution in [-0.4, -0.2) is 30.0 Å². The van der Waals surface area contributed by atoms with Crippen LogP contribution in [-0.2, 0) is 20.7 Å². The van der Waals surface area contributed by atoms with E-state index in [1.54, 1.807) is 0 Å². The van der Waals surface area contributed by atoms with E-state index in [4.69, 9.17) is 4.74 Å². The normalized spacial score (nSPS) is 10.7. The fourth-order valence-electron chi connectivity index (χ4n) is 1.93. The van der Waals surface area contributed by atoms with Crippen molar-refractivity contribution in [3.05, 3.63) is 40.9 Å². The van der Waals surface area contributed by atoms with Gasteiger partial charge in [-0.05, 0) is 12.8 Å². The molecule has 1 aromatic carbocycles. The van der Waals surface area contributed by atoms with Gasteiger partial charge in [0.15, 0.2) is 6.61 Å². The van der Waals surface area contributed by atoms with Crippen molar-refractivity contribution in [2.24, 2.45) is 5.92 Å². The summed E-state index contributed by atoms with van der Waals surface area (Å²) < 4.78 is 4.98. The molecule has 1 amide bonds. The van der Waals surface area contributed by atoms with E-state index < -0.39 is 5.97 Å². The number of aryl methyl sites for hydroxylation is 1. The highest BCUT2D eigenvalue weighted by Gasteiger charge is 2.12. The van der Waals surface area contributed by atoms with E-state index >= 15 is 0 Å². The predicted molar refractivity (Wildman–Crippen MR) is 94.8 cm³/mol. The summed E-state index contributed by atoms with van der Waals surface area (Å²) in [5.41, 5.74) is 2.87. The molecule has 0 spiro atoms. The number of carbonyl (C=O) groups is 2. The first-order valence-corrected chi connectivity index (χ1v) is 8.75. The first-order valence-electron chi connectivity index (χ1n) is 7.88. The minimum absolute atomic E-state index is 0.0693. The smallest absolute Gasteiger partial charge is 0.312 e. The summed E-state index contributed by atoms with van der Waals surface area (Å²) in [5.74, 6) is -0.369. The number of ether oxygens (including phenoxy) is 1. The van der Waals surface area contributed by atoms with Crippen molar-refractivity contribution in [3.63, 3.8) is 0 Å². The molecule has 0 unspecified atom stereocenters. The maximum absolute atomic E-state index is 11.8. The number of hydrogen-bond donors (Lipinski definition) is 1. The molecule has 0 bridgehead atoms. The van der Waals surface area contributed by atoms with Gasteiger partial charge in [-0.3, -0.25) is 9.59 Å². The molecule has 1 aromatic heterocycles. The minimum Gasteiger partial charge on any atom is -0.455 e. The summed E-state index contributed by atoms with van der Waals surface area (Å²) in [4.78, 5) is 27.8. The van der Waals surface area contributed by atoms with Crippen LogP contribution in [0.4, 0.5) is 0 Å². The lowest BCUT2D eigenvalue weighted by Crippen LogP contribution is -2.31. The molecule has 0 radical (unpaired) electrons. The van der Waals surface area contributed by atoms with Crippen LogP contribution in [0.3, 0.4) is 0 Å². The van der Waals surface area contributed by atoms with Crippen molar-refractivity contribution in [2.45, 2.75) is 27.2 Å². The Morgan fingerprint density at radius 3 is 2.62 bits per heavy atom. The van der Waals surface area contributed by atoms with Crippen LogP contribution >= 0.6 is 11.3 Å². The largest absolute Gasteiger partial charge is 0.455 e. The summed E-state index contributed by atoms with van der Waals surface area (Å²) >= 11 is 1.49. The number of rotatable bonds is 7. The number of aromatic nitrogens is 1. The van der Waals surface area contributed by atoms with Crippen LogP contribution in [0.5, 0.6) is 0 Å². The lowest BCUT2D eigenvalue weighted by atomic mass is 10.2. The van der Waals surface area contributed by atoms with Crippen molar-refractivity contribution >= 4 is 23.2 Å². The number of amides is 1. The van der Waals surface area contributed by atoms with E-state index in [0.29, 0.717) is 18.2 Å². The molecule has 128 valence electrons. The van der Waals surface area contributed by atoms with Crippen LogP contribution in [0.15, 0.2) is 29.6 Å². The highest BCUT2D eigenvalue weighted by Crippen LogP contribution is 2.24. The monoisotopic (exact) mass is 346 g/mol. The highest BCUT2D eigenvalue weighted by atomic mass is 32.1. The molecule has 0 fully saturated rings. The maximum Gasteiger partial charge on any atom is 0.312 e. The molecular weight excluding hydrogens is 324 g/mol. The number of thiazole rings is 1. The molecule has 0 aliphatic rings. The van der Waals surface area contributed by atoms with Gasteiger partial charge in [-0.25, -0.2) is 4.98 Å². The number of esters is 1. The summed E-state index contributed by atoms with van der Waals surface area (Å²) in [7, 11) is 0. The number of benzene rings is 1. The van der Waals surface area contributed by atoms with Gasteiger partial charge in [0.1, 0.15) is 5.01 Å². The van der Waals surface area contributed by atoms with E-state index in [-0.39, 0.29) is 18.9 Å². The summed E-state index contributed by atoms with van der Waals surface area (Å²) in [6.45, 7) is 6.35. The number of carbonyl (C=O) groups excluding carboxylic acids is 2. The van der Waals surface area contributed by atoms with E-state index in [9.17, 15) is 9.59 Å². The van der Waals surface area contributed by atoms with Crippen molar-refractivity contribution in [3.8, 4) is 10.6 Å². The van der Waals surface area contributed by atoms with Crippen LogP contribution in [0, 0.1) is 12.8 Å². The van der Waals surface area contributed by atoms with Crippen LogP contribution in [0.25, 0.3) is 10.6 Å². The summed E-state index contributed by atoms with van der Waals surface area (Å²) in [6.07, 6.45) is 0.0693. The van der Waals surface area contributed by atoms with Gasteiger partial charge in [0.2, 0.25) is 0 Å². The third kappa shape index (κ3) is 5.77. The average Bonchev–Trinajstić information content (AvgIpc) is 3.00. The van der Waals surface area contributed by atoms with Gasteiger partial charge in [0.05, 0.1) is 12.1 Å². The van der Waals surface area contributed by atoms with Gasteiger partial charge in [-0.15, -0.1) is 11.3 Å². The Morgan fingerprint density at radius 2 is 1.96 bits per heavy atom. The van der Waals surface area contributed by atoms with Gasteiger partial charge < -0.3 is 10.1 Å². The van der Waals surface area contributed by atoms with Gasteiger partial charge in [-0.2, -0.15) is 0 Å². The molecule has 2 rings (SSSR count). The Morgan fingerprint density at radius 1 is 1.25 bits per heavy atom. The second-order valence-corrected chi connectivity index (χ2v) is 6.90. The van der Waals surface area contributed by atoms with E-state index in [1.165, 1.54) is 16.9 Å². The lowest BCUT2D eigenvalue weighted by molar-refractivity contribution is -0.147. The van der Waals surface area contributed by atoms with E-state index in [2.05, 4.69) is 10.3 Å². The molecular formula is C18H22N2O3S. The predicted octanol–water partition coefficient (Wildman–Crippen LogP) is 2.98. The molecule has 1 heterocycles. The maximum atomic E-state index is 11.8. The Labute approximate surface area is 146 Å². The van der Waals surface area contributed by atoms with Gasteiger partial charge in [-0.1, -0.05) is 43.7 Å². The summed E-state index contributed by atoms with van der Waals surface area (Å²) in [5, 5.41) is 5.41. The molecule has 6 heteroatoms. The zero-order valence-corrected chi connectivity index (χ0v) is 15.0. The highest BCUT2D eigenvalue weighted by molar-refractivity contribution is 7.13. The Balaban J connectivity index is 1.82. The zero-order chi connectivity index (χ0) is 17.5. The molecule has 2 aromatic rings. The van der Waals surface area contributed by atoms with E-state index in [0.717, 1.165) is 10.6 Å². The minimum atomic E-state index is -0.449. The quantitative estimate of drug-likeness (QED) is 0.783. The molecule has 5 nitrogen and oxygen atoms in total. The average molecular weight is 346 g/mol. The molecule has 0 aliphatic heterocycles. The fraction of sp³-hybridized carbons (Fsp3) is 0.389. The zero-order valence-electron chi connectivity index (χ0n) is 14.2. The first-order chi connectivity index (χ1) is 11.4. The Kier molecular flexibility index (Phi) is 6.49. The van der Waals surface area contributed by atoms with Crippen molar-refractivity contribution in [2.75, 3.05) is 13.2 Å². The lowest BCUT2D eigenvalue weighted by Gasteiger charge is -2.07. The van der Waals surface area contributed by atoms with Crippen molar-refractivity contribution < 1.29 is 14.3 Å². The van der Waals surface area contributed by atoms with E-state index in [1.807, 2.05) is 50.4 Å². The molecule has 0 atom stereocenters. The topological polar surface area (TPSA) is 68.3 Å². The third-order valence-corrected chi connectivity index (χ3v) is 4.19. The summed E-state index contributed by atoms with van der Waals surface area (Å²) in [6, 6.07) is 8.07. The van der Waals surface area contributed by atoms with Crippen LogP contribution in [0.1, 0.15) is 25.1 Å². The van der Waals surface area contributed by atoms with Gasteiger partial charge in [0, 0.05) is 17.5 Å². The first kappa shape index (κ1) is 18.1. The molecule has 0 aliphatic carbocycles. The second kappa shape index (κ2) is 8.59. The van der Waals surface area contributed by atoms with Crippen LogP contribution < -0.4 is 5.32 Å². The molecule has 24 heavy (non-hydrogen) atoms. The molecule has 1 N–H and O–H groups in total. The number of nitrogens with zero attached hydrogens (tertiary/aromatic N) is 1. The van der Waals surface area contributed by atoms with Gasteiger partial charge in [0.25, 0.3) is 5.91 Å². The SMILES string of the molecule is Cc1ccc(-c2nc(CC(=O)OCC(=O)NCC(C)C)cs2)cc1.